The zero-order chi connectivity index (χ0) is 23.7. The number of amides is 1. The van der Waals surface area contributed by atoms with E-state index in [0.717, 1.165) is 52.6 Å². The molecular weight excluding hydrogens is 470 g/mol. The first kappa shape index (κ1) is 23.0. The Kier molecular flexibility index (Phi) is 6.65. The molecule has 0 aliphatic carbocycles. The molecule has 2 aromatic heterocycles. The van der Waals surface area contributed by atoms with Gasteiger partial charge in [-0.1, -0.05) is 30.8 Å². The van der Waals surface area contributed by atoms with Crippen molar-refractivity contribution in [3.63, 3.8) is 0 Å². The molecule has 9 heteroatoms. The molecule has 1 aromatic carbocycles. The van der Waals surface area contributed by atoms with Gasteiger partial charge in [-0.25, -0.2) is 4.98 Å². The predicted octanol–water partition coefficient (Wildman–Crippen LogP) is 4.43. The Bertz CT molecular complexity index is 1300. The number of hydrogen-bond acceptors (Lipinski definition) is 7. The molecule has 178 valence electrons. The minimum absolute atomic E-state index is 0.0131. The molecule has 0 unspecified atom stereocenters. The molecule has 1 saturated heterocycles. The maximum Gasteiger partial charge on any atom is 0.263 e. The Morgan fingerprint density at radius 1 is 1.29 bits per heavy atom. The van der Waals surface area contributed by atoms with Gasteiger partial charge < -0.3 is 14.4 Å². The number of likely N-dealkylation sites (tertiary alicyclic amines) is 1. The summed E-state index contributed by atoms with van der Waals surface area (Å²) in [5, 5.41) is 1.20. The second-order valence-electron chi connectivity index (χ2n) is 8.32. The molecule has 1 amide bonds. The van der Waals surface area contributed by atoms with Crippen LogP contribution in [0.2, 0.25) is 0 Å². The minimum atomic E-state index is -0.0777. The van der Waals surface area contributed by atoms with Gasteiger partial charge in [-0.3, -0.25) is 14.2 Å². The third-order valence-corrected chi connectivity index (χ3v) is 8.31. The Morgan fingerprint density at radius 2 is 2.12 bits per heavy atom. The van der Waals surface area contributed by atoms with Crippen LogP contribution in [-0.2, 0) is 17.8 Å². The second-order valence-corrected chi connectivity index (χ2v) is 10.4. The predicted molar refractivity (Wildman–Crippen MR) is 135 cm³/mol. The maximum absolute atomic E-state index is 13.3. The van der Waals surface area contributed by atoms with Crippen molar-refractivity contribution in [2.24, 2.45) is 0 Å². The molecular formula is C25H27N3O4S2. The number of aromatic nitrogens is 2. The highest BCUT2D eigenvalue weighted by Gasteiger charge is 2.31. The molecule has 1 atom stereocenters. The number of ether oxygens (including phenoxy) is 2. The molecule has 2 aliphatic heterocycles. The average molecular weight is 498 g/mol. The lowest BCUT2D eigenvalue weighted by Crippen LogP contribution is -2.32. The molecule has 2 aliphatic rings. The summed E-state index contributed by atoms with van der Waals surface area (Å²) in [6.07, 6.45) is 4.41. The number of nitrogens with zero attached hydrogens (tertiary/aromatic N) is 3. The van der Waals surface area contributed by atoms with Crippen LogP contribution in [0.25, 0.3) is 10.2 Å². The summed E-state index contributed by atoms with van der Waals surface area (Å²) in [6.45, 7) is 8.02. The van der Waals surface area contributed by atoms with E-state index in [-0.39, 0.29) is 23.3 Å². The smallest absolute Gasteiger partial charge is 0.263 e. The van der Waals surface area contributed by atoms with Crippen LogP contribution in [0.5, 0.6) is 11.5 Å². The third-order valence-electron chi connectivity index (χ3n) is 6.18. The van der Waals surface area contributed by atoms with Crippen LogP contribution in [0, 0.1) is 0 Å². The third kappa shape index (κ3) is 4.34. The topological polar surface area (TPSA) is 73.7 Å². The molecule has 5 rings (SSSR count). The normalized spacial score (nSPS) is 17.3. The molecule has 0 N–H and O–H groups in total. The standard InChI is InChI=1S/C25H27N3O4S2/c1-3-9-28-24(30)18-14-17(4-2)34-23(18)26-25(28)33-15-22(29)27-10-5-6-19(27)16-7-8-20-21(13-16)32-12-11-31-20/h3,7-8,13-14,19H,1,4-6,9-12,15H2,2H3/t19-/m0/s1. The lowest BCUT2D eigenvalue weighted by molar-refractivity contribution is -0.129. The fourth-order valence-electron chi connectivity index (χ4n) is 4.51. The van der Waals surface area contributed by atoms with E-state index in [4.69, 9.17) is 14.5 Å². The van der Waals surface area contributed by atoms with Gasteiger partial charge in [0.25, 0.3) is 5.56 Å². The molecule has 0 bridgehead atoms. The Balaban J connectivity index is 1.36. The number of thioether (sulfide) groups is 1. The maximum atomic E-state index is 13.3. The summed E-state index contributed by atoms with van der Waals surface area (Å²) in [7, 11) is 0. The minimum Gasteiger partial charge on any atom is -0.486 e. The zero-order valence-corrected chi connectivity index (χ0v) is 20.8. The van der Waals surface area contributed by atoms with Gasteiger partial charge in [0.2, 0.25) is 5.91 Å². The summed E-state index contributed by atoms with van der Waals surface area (Å²) in [5.41, 5.74) is 0.986. The van der Waals surface area contributed by atoms with Gasteiger partial charge in [0.1, 0.15) is 18.0 Å². The summed E-state index contributed by atoms with van der Waals surface area (Å²) < 4.78 is 13.0. The summed E-state index contributed by atoms with van der Waals surface area (Å²) >= 11 is 2.86. The highest BCUT2D eigenvalue weighted by Crippen LogP contribution is 2.38. The highest BCUT2D eigenvalue weighted by molar-refractivity contribution is 7.99. The Hall–Kier alpha value is -2.78. The van der Waals surface area contributed by atoms with Crippen LogP contribution >= 0.6 is 23.1 Å². The first-order valence-corrected chi connectivity index (χ1v) is 13.3. The molecule has 0 saturated carbocycles. The number of rotatable bonds is 7. The Morgan fingerprint density at radius 3 is 2.91 bits per heavy atom. The van der Waals surface area contributed by atoms with E-state index in [1.165, 1.54) is 23.1 Å². The molecule has 34 heavy (non-hydrogen) atoms. The van der Waals surface area contributed by atoms with Crippen molar-refractivity contribution in [1.29, 1.82) is 0 Å². The van der Waals surface area contributed by atoms with Crippen LogP contribution in [-0.4, -0.2) is 45.9 Å². The van der Waals surface area contributed by atoms with Crippen LogP contribution in [0.3, 0.4) is 0 Å². The summed E-state index contributed by atoms with van der Waals surface area (Å²) in [6, 6.07) is 7.89. The van der Waals surface area contributed by atoms with Gasteiger partial charge in [0.05, 0.1) is 17.2 Å². The van der Waals surface area contributed by atoms with E-state index < -0.39 is 0 Å². The number of benzene rings is 1. The first-order valence-electron chi connectivity index (χ1n) is 11.5. The monoisotopic (exact) mass is 497 g/mol. The number of thiophene rings is 1. The van der Waals surface area contributed by atoms with Crippen molar-refractivity contribution in [3.8, 4) is 11.5 Å². The van der Waals surface area contributed by atoms with Gasteiger partial charge in [-0.2, -0.15) is 0 Å². The molecule has 0 spiro atoms. The van der Waals surface area contributed by atoms with Gasteiger partial charge in [0, 0.05) is 18.0 Å². The number of carbonyl (C=O) groups excluding carboxylic acids is 1. The van der Waals surface area contributed by atoms with Crippen LogP contribution < -0.4 is 15.0 Å². The van der Waals surface area contributed by atoms with E-state index in [2.05, 4.69) is 13.5 Å². The van der Waals surface area contributed by atoms with Crippen molar-refractivity contribution < 1.29 is 14.3 Å². The van der Waals surface area contributed by atoms with Gasteiger partial charge in [-0.05, 0) is 43.0 Å². The SMILES string of the molecule is C=CCn1c(SCC(=O)N2CCC[C@H]2c2ccc3c(c2)OCCO3)nc2sc(CC)cc2c1=O. The fourth-order valence-corrected chi connectivity index (χ4v) is 6.41. The van der Waals surface area contributed by atoms with Crippen molar-refractivity contribution in [2.45, 2.75) is 43.9 Å². The highest BCUT2D eigenvalue weighted by atomic mass is 32.2. The van der Waals surface area contributed by atoms with Crippen molar-refractivity contribution in [1.82, 2.24) is 14.5 Å². The van der Waals surface area contributed by atoms with Crippen LogP contribution in [0.4, 0.5) is 0 Å². The van der Waals surface area contributed by atoms with Gasteiger partial charge >= 0.3 is 0 Å². The lowest BCUT2D eigenvalue weighted by atomic mass is 10.0. The molecule has 0 radical (unpaired) electrons. The lowest BCUT2D eigenvalue weighted by Gasteiger charge is -2.26. The number of allylic oxidation sites excluding steroid dienone is 1. The zero-order valence-electron chi connectivity index (χ0n) is 19.1. The largest absolute Gasteiger partial charge is 0.486 e. The quantitative estimate of drug-likeness (QED) is 0.273. The van der Waals surface area contributed by atoms with Crippen LogP contribution in [0.1, 0.15) is 36.2 Å². The van der Waals surface area contributed by atoms with E-state index in [9.17, 15) is 9.59 Å². The fraction of sp³-hybridized carbons (Fsp3) is 0.400. The molecule has 7 nitrogen and oxygen atoms in total. The second kappa shape index (κ2) is 9.84. The van der Waals surface area contributed by atoms with E-state index in [0.29, 0.717) is 30.3 Å². The molecule has 3 aromatic rings. The van der Waals surface area contributed by atoms with E-state index >= 15 is 0 Å². The van der Waals surface area contributed by atoms with Crippen molar-refractivity contribution in [2.75, 3.05) is 25.5 Å². The van der Waals surface area contributed by atoms with E-state index in [1.54, 1.807) is 10.6 Å². The Labute approximate surface area is 206 Å². The molecule has 1 fully saturated rings. The van der Waals surface area contributed by atoms with E-state index in [1.807, 2.05) is 29.2 Å². The van der Waals surface area contributed by atoms with Crippen molar-refractivity contribution in [3.05, 3.63) is 57.7 Å². The first-order chi connectivity index (χ1) is 16.6. The number of aryl methyl sites for hydroxylation is 1. The average Bonchev–Trinajstić information content (AvgIpc) is 3.52. The summed E-state index contributed by atoms with van der Waals surface area (Å²) in [5.74, 6) is 1.76. The number of fused-ring (bicyclic) bond motifs is 2. The van der Waals surface area contributed by atoms with Gasteiger partial charge in [-0.15, -0.1) is 17.9 Å². The number of carbonyl (C=O) groups is 1. The van der Waals surface area contributed by atoms with Crippen molar-refractivity contribution >= 4 is 39.2 Å². The van der Waals surface area contributed by atoms with Gasteiger partial charge in [0.15, 0.2) is 16.7 Å². The number of hydrogen-bond donors (Lipinski definition) is 0. The molecule has 4 heterocycles. The van der Waals surface area contributed by atoms with Crippen LogP contribution in [0.15, 0.2) is 46.9 Å². The summed E-state index contributed by atoms with van der Waals surface area (Å²) in [4.78, 5) is 34.9.